The summed E-state index contributed by atoms with van der Waals surface area (Å²) in [4.78, 5) is 2.60. The zero-order chi connectivity index (χ0) is 12.1. The Morgan fingerprint density at radius 1 is 1.53 bits per heavy atom. The molecule has 0 bridgehead atoms. The molecule has 3 heteroatoms. The lowest BCUT2D eigenvalue weighted by molar-refractivity contribution is 0.209. The number of nitrogens with one attached hydrogen (secondary N) is 1. The van der Waals surface area contributed by atoms with Gasteiger partial charge in [-0.3, -0.25) is 4.90 Å². The minimum atomic E-state index is 0.646. The Bertz CT molecular complexity index is 310. The maximum Gasteiger partial charge on any atom is 0.103 e. The first-order chi connectivity index (χ1) is 8.25. The topological polar surface area (TPSA) is 28.4 Å². The van der Waals surface area contributed by atoms with Gasteiger partial charge in [0, 0.05) is 31.6 Å². The van der Waals surface area contributed by atoms with E-state index < -0.39 is 0 Å². The molecule has 17 heavy (non-hydrogen) atoms. The number of nitrogens with zero attached hydrogens (tertiary/aromatic N) is 1. The fraction of sp³-hybridized carbons (Fsp3) is 0.714. The number of furan rings is 1. The standard InChI is InChI=1S/C14H24N2O/c1-12-7-9-16(10-8-15-12)13(2)5-6-14-4-3-11-17-14/h3-4,11-13,15H,5-10H2,1-2H3. The van der Waals surface area contributed by atoms with E-state index in [2.05, 4.69) is 30.1 Å². The molecule has 2 unspecified atom stereocenters. The molecule has 96 valence electrons. The van der Waals surface area contributed by atoms with Crippen LogP contribution in [0.5, 0.6) is 0 Å². The number of aryl methyl sites for hydroxylation is 1. The van der Waals surface area contributed by atoms with E-state index in [0.29, 0.717) is 12.1 Å². The van der Waals surface area contributed by atoms with Crippen molar-refractivity contribution < 1.29 is 4.42 Å². The maximum atomic E-state index is 5.38. The molecular formula is C14H24N2O. The number of rotatable bonds is 4. The third kappa shape index (κ3) is 3.86. The molecular weight excluding hydrogens is 212 g/mol. The maximum absolute atomic E-state index is 5.38. The molecule has 2 rings (SSSR count). The summed E-state index contributed by atoms with van der Waals surface area (Å²) < 4.78 is 5.38. The second kappa shape index (κ2) is 6.22. The van der Waals surface area contributed by atoms with Crippen LogP contribution in [0.3, 0.4) is 0 Å². The quantitative estimate of drug-likeness (QED) is 0.869. The highest BCUT2D eigenvalue weighted by molar-refractivity contribution is 4.98. The summed E-state index contributed by atoms with van der Waals surface area (Å²) in [6.45, 7) is 8.11. The fourth-order valence-electron chi connectivity index (χ4n) is 2.46. The van der Waals surface area contributed by atoms with E-state index in [0.717, 1.165) is 18.7 Å². The Labute approximate surface area is 104 Å². The van der Waals surface area contributed by atoms with Gasteiger partial charge in [0.25, 0.3) is 0 Å². The molecule has 0 aromatic carbocycles. The Hall–Kier alpha value is -0.800. The molecule has 3 nitrogen and oxygen atoms in total. The third-order valence-electron chi connectivity index (χ3n) is 3.75. The molecule has 1 aromatic rings. The second-order valence-electron chi connectivity index (χ2n) is 5.15. The molecule has 0 saturated carbocycles. The molecule has 1 N–H and O–H groups in total. The van der Waals surface area contributed by atoms with Gasteiger partial charge >= 0.3 is 0 Å². The smallest absolute Gasteiger partial charge is 0.103 e. The summed E-state index contributed by atoms with van der Waals surface area (Å²) >= 11 is 0. The predicted octanol–water partition coefficient (Wildman–Crippen LogP) is 2.28. The van der Waals surface area contributed by atoms with Crippen molar-refractivity contribution in [2.45, 2.75) is 45.2 Å². The van der Waals surface area contributed by atoms with E-state index in [4.69, 9.17) is 4.42 Å². The lowest BCUT2D eigenvalue weighted by Crippen LogP contribution is -2.36. The second-order valence-corrected chi connectivity index (χ2v) is 5.15. The average molecular weight is 236 g/mol. The highest BCUT2D eigenvalue weighted by Gasteiger charge is 2.18. The molecule has 0 aliphatic carbocycles. The molecule has 1 saturated heterocycles. The highest BCUT2D eigenvalue weighted by atomic mass is 16.3. The number of hydrogen-bond acceptors (Lipinski definition) is 3. The molecule has 0 amide bonds. The normalized spacial score (nSPS) is 24.5. The van der Waals surface area contributed by atoms with Crippen LogP contribution in [0.2, 0.25) is 0 Å². The van der Waals surface area contributed by atoms with Gasteiger partial charge in [-0.1, -0.05) is 0 Å². The molecule has 1 fully saturated rings. The first-order valence-corrected chi connectivity index (χ1v) is 6.75. The Kier molecular flexibility index (Phi) is 4.63. The van der Waals surface area contributed by atoms with Crippen LogP contribution < -0.4 is 5.32 Å². The van der Waals surface area contributed by atoms with E-state index in [-0.39, 0.29) is 0 Å². The van der Waals surface area contributed by atoms with Crippen molar-refractivity contribution in [1.29, 1.82) is 0 Å². The van der Waals surface area contributed by atoms with Crippen molar-refractivity contribution in [3.05, 3.63) is 24.2 Å². The van der Waals surface area contributed by atoms with Crippen molar-refractivity contribution >= 4 is 0 Å². The van der Waals surface area contributed by atoms with E-state index in [1.54, 1.807) is 6.26 Å². The van der Waals surface area contributed by atoms with Crippen LogP contribution >= 0.6 is 0 Å². The Morgan fingerprint density at radius 2 is 2.41 bits per heavy atom. The van der Waals surface area contributed by atoms with Crippen molar-refractivity contribution in [2.75, 3.05) is 19.6 Å². The number of hydrogen-bond donors (Lipinski definition) is 1. The molecule has 1 aliphatic heterocycles. The largest absolute Gasteiger partial charge is 0.469 e. The Balaban J connectivity index is 1.76. The van der Waals surface area contributed by atoms with Crippen molar-refractivity contribution in [2.24, 2.45) is 0 Å². The van der Waals surface area contributed by atoms with Crippen LogP contribution in [0.4, 0.5) is 0 Å². The van der Waals surface area contributed by atoms with Gasteiger partial charge in [-0.15, -0.1) is 0 Å². The summed E-state index contributed by atoms with van der Waals surface area (Å²) in [5.41, 5.74) is 0. The van der Waals surface area contributed by atoms with Gasteiger partial charge in [-0.05, 0) is 45.4 Å². The first kappa shape index (κ1) is 12.7. The molecule has 0 radical (unpaired) electrons. The van der Waals surface area contributed by atoms with Gasteiger partial charge in [0.15, 0.2) is 0 Å². The van der Waals surface area contributed by atoms with Crippen LogP contribution in [0.15, 0.2) is 22.8 Å². The van der Waals surface area contributed by atoms with Crippen LogP contribution in [-0.2, 0) is 6.42 Å². The summed E-state index contributed by atoms with van der Waals surface area (Å²) in [7, 11) is 0. The third-order valence-corrected chi connectivity index (χ3v) is 3.75. The van der Waals surface area contributed by atoms with E-state index in [9.17, 15) is 0 Å². The van der Waals surface area contributed by atoms with Gasteiger partial charge in [0.2, 0.25) is 0 Å². The molecule has 1 aliphatic rings. The van der Waals surface area contributed by atoms with Gasteiger partial charge in [-0.25, -0.2) is 0 Å². The van der Waals surface area contributed by atoms with Gasteiger partial charge in [0.1, 0.15) is 5.76 Å². The lowest BCUT2D eigenvalue weighted by Gasteiger charge is -2.27. The zero-order valence-corrected chi connectivity index (χ0v) is 11.0. The molecule has 2 heterocycles. The SMILES string of the molecule is CC1CCN(C(C)CCc2ccco2)CCN1. The minimum Gasteiger partial charge on any atom is -0.469 e. The van der Waals surface area contributed by atoms with Crippen molar-refractivity contribution in [1.82, 2.24) is 10.2 Å². The van der Waals surface area contributed by atoms with Crippen LogP contribution in [0.25, 0.3) is 0 Å². The summed E-state index contributed by atoms with van der Waals surface area (Å²) in [6, 6.07) is 5.35. The van der Waals surface area contributed by atoms with Crippen molar-refractivity contribution in [3.63, 3.8) is 0 Å². The summed E-state index contributed by atoms with van der Waals surface area (Å²) in [5, 5.41) is 3.54. The summed E-state index contributed by atoms with van der Waals surface area (Å²) in [5.74, 6) is 1.11. The van der Waals surface area contributed by atoms with E-state index in [1.807, 2.05) is 6.07 Å². The van der Waals surface area contributed by atoms with Crippen molar-refractivity contribution in [3.8, 4) is 0 Å². The van der Waals surface area contributed by atoms with Gasteiger partial charge < -0.3 is 9.73 Å². The minimum absolute atomic E-state index is 0.646. The highest BCUT2D eigenvalue weighted by Crippen LogP contribution is 2.12. The molecule has 1 aromatic heterocycles. The van der Waals surface area contributed by atoms with Crippen LogP contribution in [-0.4, -0.2) is 36.6 Å². The van der Waals surface area contributed by atoms with E-state index >= 15 is 0 Å². The summed E-state index contributed by atoms with van der Waals surface area (Å²) in [6.07, 6.45) is 5.25. The van der Waals surface area contributed by atoms with Gasteiger partial charge in [0.05, 0.1) is 6.26 Å². The monoisotopic (exact) mass is 236 g/mol. The Morgan fingerprint density at radius 3 is 3.18 bits per heavy atom. The van der Waals surface area contributed by atoms with E-state index in [1.165, 1.54) is 25.9 Å². The predicted molar refractivity (Wildman–Crippen MR) is 70.1 cm³/mol. The van der Waals surface area contributed by atoms with Crippen LogP contribution in [0, 0.1) is 0 Å². The average Bonchev–Trinajstić information content (AvgIpc) is 2.74. The van der Waals surface area contributed by atoms with Crippen LogP contribution in [0.1, 0.15) is 32.4 Å². The lowest BCUT2D eigenvalue weighted by atomic mass is 10.1. The zero-order valence-electron chi connectivity index (χ0n) is 11.0. The first-order valence-electron chi connectivity index (χ1n) is 6.75. The molecule has 0 spiro atoms. The van der Waals surface area contributed by atoms with Gasteiger partial charge in [-0.2, -0.15) is 0 Å². The fourth-order valence-corrected chi connectivity index (χ4v) is 2.46. The molecule has 2 atom stereocenters.